The first kappa shape index (κ1) is 19.7. The lowest BCUT2D eigenvalue weighted by atomic mass is 10.2. The van der Waals surface area contributed by atoms with Gasteiger partial charge >= 0.3 is 0 Å². The number of piperazine rings is 1. The largest absolute Gasteiger partial charge is 0.373 e. The van der Waals surface area contributed by atoms with Gasteiger partial charge in [0.05, 0.1) is 6.26 Å². The number of amides is 1. The molecule has 134 valence electrons. The van der Waals surface area contributed by atoms with Crippen molar-refractivity contribution in [3.63, 3.8) is 0 Å². The number of aryl methyl sites for hydroxylation is 1. The zero-order valence-corrected chi connectivity index (χ0v) is 17.0. The summed E-state index contributed by atoms with van der Waals surface area (Å²) in [5.74, 6) is -0.475. The van der Waals surface area contributed by atoms with Gasteiger partial charge in [-0.1, -0.05) is 0 Å². The minimum Gasteiger partial charge on any atom is -0.373 e. The average Bonchev–Trinajstić information content (AvgIpc) is 2.54. The van der Waals surface area contributed by atoms with Crippen LogP contribution in [0.4, 0.5) is 5.69 Å². The first-order chi connectivity index (χ1) is 11.7. The van der Waals surface area contributed by atoms with Crippen LogP contribution >= 0.6 is 22.6 Å². The third-order valence-corrected chi connectivity index (χ3v) is 5.83. The molecule has 0 radical (unpaired) electrons. The van der Waals surface area contributed by atoms with E-state index in [2.05, 4.69) is 27.9 Å². The first-order valence-corrected chi connectivity index (χ1v) is 10.5. The Morgan fingerprint density at radius 1 is 1.32 bits per heavy atom. The summed E-state index contributed by atoms with van der Waals surface area (Å²) in [4.78, 5) is 14.1. The van der Waals surface area contributed by atoms with Crippen molar-refractivity contribution < 1.29 is 13.2 Å². The molecule has 0 atom stereocenters. The Morgan fingerprint density at radius 3 is 2.48 bits per heavy atom. The Hall–Kier alpha value is -1.64. The van der Waals surface area contributed by atoms with Gasteiger partial charge in [-0.15, -0.1) is 0 Å². The molecule has 2 rings (SSSR count). The molecule has 1 N–H and O–H groups in total. The third kappa shape index (κ3) is 5.42. The molecule has 1 aliphatic rings. The van der Waals surface area contributed by atoms with E-state index in [1.54, 1.807) is 11.0 Å². The van der Waals surface area contributed by atoms with Gasteiger partial charge < -0.3 is 10.2 Å². The molecule has 0 aliphatic carbocycles. The maximum Gasteiger partial charge on any atom is 0.267 e. The maximum atomic E-state index is 12.3. The smallest absolute Gasteiger partial charge is 0.267 e. The summed E-state index contributed by atoms with van der Waals surface area (Å²) in [7, 11) is -3.21. The van der Waals surface area contributed by atoms with Gasteiger partial charge in [0.1, 0.15) is 11.6 Å². The molecule has 1 amide bonds. The molecule has 9 heteroatoms. The highest BCUT2D eigenvalue weighted by atomic mass is 127. The Labute approximate surface area is 161 Å². The molecular weight excluding hydrogens is 455 g/mol. The van der Waals surface area contributed by atoms with E-state index in [-0.39, 0.29) is 5.57 Å². The van der Waals surface area contributed by atoms with Crippen LogP contribution in [0.25, 0.3) is 0 Å². The number of halogens is 1. The molecule has 0 saturated carbocycles. The van der Waals surface area contributed by atoms with E-state index in [0.717, 1.165) is 9.13 Å². The predicted molar refractivity (Wildman–Crippen MR) is 104 cm³/mol. The summed E-state index contributed by atoms with van der Waals surface area (Å²) in [5, 5.41) is 12.0. The van der Waals surface area contributed by atoms with Gasteiger partial charge in [-0.05, 0) is 53.3 Å². The Balaban J connectivity index is 2.05. The highest BCUT2D eigenvalue weighted by molar-refractivity contribution is 14.1. The quantitative estimate of drug-likeness (QED) is 0.406. The average molecular weight is 474 g/mol. The summed E-state index contributed by atoms with van der Waals surface area (Å²) >= 11 is 2.19. The van der Waals surface area contributed by atoms with Gasteiger partial charge in [0.25, 0.3) is 5.91 Å². The molecule has 1 heterocycles. The molecule has 0 bridgehead atoms. The molecule has 7 nitrogen and oxygen atoms in total. The summed E-state index contributed by atoms with van der Waals surface area (Å²) in [5.41, 5.74) is 1.57. The topological polar surface area (TPSA) is 93.5 Å². The van der Waals surface area contributed by atoms with E-state index in [0.29, 0.717) is 31.9 Å². The molecule has 1 fully saturated rings. The zero-order chi connectivity index (χ0) is 18.6. The zero-order valence-electron chi connectivity index (χ0n) is 14.0. The second-order valence-corrected chi connectivity index (χ2v) is 8.99. The number of nitriles is 1. The van der Waals surface area contributed by atoms with Crippen LogP contribution in [-0.4, -0.2) is 56.0 Å². The summed E-state index contributed by atoms with van der Waals surface area (Å²) in [6, 6.07) is 7.54. The lowest BCUT2D eigenvalue weighted by Gasteiger charge is -2.32. The molecular formula is C16H19IN4O3S. The number of nitrogens with zero attached hydrogens (tertiary/aromatic N) is 3. The van der Waals surface area contributed by atoms with Crippen molar-refractivity contribution in [2.24, 2.45) is 0 Å². The predicted octanol–water partition coefficient (Wildman–Crippen LogP) is 1.52. The fourth-order valence-electron chi connectivity index (χ4n) is 2.44. The van der Waals surface area contributed by atoms with Gasteiger partial charge in [0, 0.05) is 41.6 Å². The Kier molecular flexibility index (Phi) is 6.42. The number of anilines is 1. The molecule has 1 aromatic rings. The van der Waals surface area contributed by atoms with Crippen LogP contribution in [-0.2, 0) is 14.8 Å². The van der Waals surface area contributed by atoms with Crippen molar-refractivity contribution in [2.75, 3.05) is 37.8 Å². The van der Waals surface area contributed by atoms with E-state index in [1.807, 2.05) is 25.1 Å². The maximum absolute atomic E-state index is 12.3. The number of hydrogen-bond acceptors (Lipinski definition) is 5. The molecule has 25 heavy (non-hydrogen) atoms. The van der Waals surface area contributed by atoms with Crippen molar-refractivity contribution in [1.82, 2.24) is 9.21 Å². The molecule has 1 aromatic carbocycles. The van der Waals surface area contributed by atoms with Gasteiger partial charge in [0.15, 0.2) is 0 Å². The van der Waals surface area contributed by atoms with E-state index in [4.69, 9.17) is 0 Å². The lowest BCUT2D eigenvalue weighted by molar-refractivity contribution is -0.112. The number of nitrogens with one attached hydrogen (secondary N) is 1. The number of carbonyl (C=O) groups is 1. The van der Waals surface area contributed by atoms with Crippen molar-refractivity contribution in [3.8, 4) is 6.07 Å². The van der Waals surface area contributed by atoms with Gasteiger partial charge in [-0.25, -0.2) is 8.42 Å². The fraction of sp³-hybridized carbons (Fsp3) is 0.375. The molecule has 0 aromatic heterocycles. The van der Waals surface area contributed by atoms with E-state index < -0.39 is 15.9 Å². The highest BCUT2D eigenvalue weighted by Crippen LogP contribution is 2.18. The monoisotopic (exact) mass is 474 g/mol. The Bertz CT molecular complexity index is 837. The van der Waals surface area contributed by atoms with Crippen molar-refractivity contribution >= 4 is 44.2 Å². The summed E-state index contributed by atoms with van der Waals surface area (Å²) in [6.07, 6.45) is 2.67. The van der Waals surface area contributed by atoms with Crippen LogP contribution in [0.3, 0.4) is 0 Å². The van der Waals surface area contributed by atoms with Crippen molar-refractivity contribution in [3.05, 3.63) is 39.1 Å². The first-order valence-electron chi connectivity index (χ1n) is 7.59. The molecule has 1 aliphatic heterocycles. The van der Waals surface area contributed by atoms with E-state index >= 15 is 0 Å². The minimum absolute atomic E-state index is 0.00856. The Morgan fingerprint density at radius 2 is 1.96 bits per heavy atom. The SMILES string of the molecule is Cc1cc(I)ccc1NC(=O)/C(C#N)=C\N1CCN(S(C)(=O)=O)CC1. The third-order valence-electron chi connectivity index (χ3n) is 3.86. The fourth-order valence-corrected chi connectivity index (χ4v) is 3.92. The minimum atomic E-state index is -3.21. The number of carbonyl (C=O) groups excluding carboxylic acids is 1. The van der Waals surface area contributed by atoms with Crippen LogP contribution < -0.4 is 5.32 Å². The van der Waals surface area contributed by atoms with E-state index in [9.17, 15) is 18.5 Å². The summed E-state index contributed by atoms with van der Waals surface area (Å²) in [6.45, 7) is 3.44. The highest BCUT2D eigenvalue weighted by Gasteiger charge is 2.23. The van der Waals surface area contributed by atoms with Crippen LogP contribution in [0.1, 0.15) is 5.56 Å². The van der Waals surface area contributed by atoms with Crippen LogP contribution in [0.15, 0.2) is 30.0 Å². The van der Waals surface area contributed by atoms with Crippen molar-refractivity contribution in [1.29, 1.82) is 5.26 Å². The lowest BCUT2D eigenvalue weighted by Crippen LogP contribution is -2.46. The number of hydrogen-bond donors (Lipinski definition) is 1. The second kappa shape index (κ2) is 8.16. The molecule has 0 unspecified atom stereocenters. The van der Waals surface area contributed by atoms with Crippen LogP contribution in [0, 0.1) is 21.8 Å². The molecule has 0 spiro atoms. The summed E-state index contributed by atoms with van der Waals surface area (Å²) < 4.78 is 25.5. The number of sulfonamides is 1. The number of rotatable bonds is 4. The van der Waals surface area contributed by atoms with Crippen molar-refractivity contribution in [2.45, 2.75) is 6.92 Å². The van der Waals surface area contributed by atoms with Gasteiger partial charge in [0.2, 0.25) is 10.0 Å². The van der Waals surface area contributed by atoms with E-state index in [1.165, 1.54) is 16.8 Å². The molecule has 1 saturated heterocycles. The van der Waals surface area contributed by atoms with Gasteiger partial charge in [-0.3, -0.25) is 4.79 Å². The standard InChI is InChI=1S/C16H19IN4O3S/c1-12-9-14(17)3-4-15(12)19-16(22)13(10-18)11-20-5-7-21(8-6-20)25(2,23)24/h3-4,9,11H,5-8H2,1-2H3,(H,19,22)/b13-11-. The number of benzene rings is 1. The second-order valence-electron chi connectivity index (χ2n) is 5.77. The normalized spacial score (nSPS) is 16.4. The van der Waals surface area contributed by atoms with Crippen LogP contribution in [0.2, 0.25) is 0 Å². The van der Waals surface area contributed by atoms with Crippen LogP contribution in [0.5, 0.6) is 0 Å². The van der Waals surface area contributed by atoms with Gasteiger partial charge in [-0.2, -0.15) is 9.57 Å².